The molecule has 5 nitrogen and oxygen atoms in total. The number of rotatable bonds is 31. The van der Waals surface area contributed by atoms with E-state index in [1.165, 1.54) is 109 Å². The van der Waals surface area contributed by atoms with Crippen LogP contribution in [0.3, 0.4) is 0 Å². The molecular formula is C32H68NO4P. The van der Waals surface area contributed by atoms with Crippen molar-refractivity contribution in [2.75, 3.05) is 19.7 Å². The lowest BCUT2D eigenvalue weighted by Gasteiger charge is -2.32. The Balaban J connectivity index is 4.92. The highest BCUT2D eigenvalue weighted by Crippen LogP contribution is 2.46. The van der Waals surface area contributed by atoms with Crippen molar-refractivity contribution in [2.24, 2.45) is 0 Å². The van der Waals surface area contributed by atoms with E-state index in [0.717, 1.165) is 58.0 Å². The van der Waals surface area contributed by atoms with E-state index < -0.39 is 7.82 Å². The summed E-state index contributed by atoms with van der Waals surface area (Å²) < 4.78 is 24.4. The monoisotopic (exact) mass is 561 g/mol. The Kier molecular flexibility index (Phi) is 28.6. The molecule has 230 valence electrons. The third kappa shape index (κ3) is 25.1. The highest BCUT2D eigenvalue weighted by atomic mass is 31.2. The summed E-state index contributed by atoms with van der Waals surface area (Å²) in [5.41, 5.74) is 0. The van der Waals surface area contributed by atoms with E-state index in [1.54, 1.807) is 0 Å². The molecule has 0 aromatic heterocycles. The van der Waals surface area contributed by atoms with Crippen LogP contribution in [0.25, 0.3) is 0 Å². The van der Waals surface area contributed by atoms with E-state index in [1.807, 2.05) is 0 Å². The highest BCUT2D eigenvalue weighted by Gasteiger charge is 2.30. The van der Waals surface area contributed by atoms with Gasteiger partial charge in [-0.3, -0.25) is 13.9 Å². The van der Waals surface area contributed by atoms with Gasteiger partial charge in [0.15, 0.2) is 0 Å². The van der Waals surface area contributed by atoms with Crippen molar-refractivity contribution < 1.29 is 18.5 Å². The molecular weight excluding hydrogens is 493 g/mol. The van der Waals surface area contributed by atoms with Crippen molar-refractivity contribution in [3.8, 4) is 0 Å². The summed E-state index contributed by atoms with van der Waals surface area (Å²) in [6, 6.07) is 0. The van der Waals surface area contributed by atoms with Crippen molar-refractivity contribution in [1.29, 1.82) is 0 Å². The maximum atomic E-state index is 13.0. The van der Waals surface area contributed by atoms with Gasteiger partial charge in [0, 0.05) is 13.1 Å². The van der Waals surface area contributed by atoms with Crippen LogP contribution in [0.5, 0.6) is 0 Å². The van der Waals surface area contributed by atoms with Crippen LogP contribution >= 0.6 is 7.82 Å². The quantitative estimate of drug-likeness (QED) is 0.0518. The second-order valence-corrected chi connectivity index (χ2v) is 12.8. The van der Waals surface area contributed by atoms with E-state index >= 15 is 0 Å². The Morgan fingerprint density at radius 2 is 0.921 bits per heavy atom. The fourth-order valence-corrected chi connectivity index (χ4v) is 6.03. The van der Waals surface area contributed by atoms with Gasteiger partial charge >= 0.3 is 7.82 Å². The summed E-state index contributed by atoms with van der Waals surface area (Å²) in [5, 5.41) is 0. The van der Waals surface area contributed by atoms with Gasteiger partial charge in [0.25, 0.3) is 0 Å². The van der Waals surface area contributed by atoms with Crippen molar-refractivity contribution in [3.63, 3.8) is 0 Å². The van der Waals surface area contributed by atoms with E-state index in [-0.39, 0.29) is 6.23 Å². The first-order valence-electron chi connectivity index (χ1n) is 16.9. The molecule has 0 bridgehead atoms. The first-order valence-corrected chi connectivity index (χ1v) is 18.4. The van der Waals surface area contributed by atoms with Crippen molar-refractivity contribution >= 4 is 7.82 Å². The summed E-state index contributed by atoms with van der Waals surface area (Å²) >= 11 is 0. The largest absolute Gasteiger partial charge is 0.473 e. The number of phosphoric acid groups is 1. The minimum atomic E-state index is -4.07. The Morgan fingerprint density at radius 3 is 1.37 bits per heavy atom. The molecule has 0 spiro atoms. The molecule has 0 saturated heterocycles. The van der Waals surface area contributed by atoms with Crippen LogP contribution in [0.4, 0.5) is 0 Å². The van der Waals surface area contributed by atoms with Crippen molar-refractivity contribution in [2.45, 2.75) is 188 Å². The van der Waals surface area contributed by atoms with Crippen LogP contribution in [-0.2, 0) is 13.6 Å². The molecule has 0 aromatic carbocycles. The van der Waals surface area contributed by atoms with Crippen molar-refractivity contribution in [3.05, 3.63) is 0 Å². The molecule has 6 heteroatoms. The fourth-order valence-electron chi connectivity index (χ4n) is 5.06. The molecule has 2 unspecified atom stereocenters. The minimum absolute atomic E-state index is 0.305. The van der Waals surface area contributed by atoms with E-state index in [4.69, 9.17) is 9.05 Å². The summed E-state index contributed by atoms with van der Waals surface area (Å²) in [4.78, 5) is 13.0. The van der Waals surface area contributed by atoms with Gasteiger partial charge in [0.2, 0.25) is 0 Å². The zero-order valence-electron chi connectivity index (χ0n) is 26.2. The summed E-state index contributed by atoms with van der Waals surface area (Å²) in [6.45, 7) is 11.1. The van der Waals surface area contributed by atoms with Crippen LogP contribution in [-0.4, -0.2) is 35.7 Å². The van der Waals surface area contributed by atoms with Gasteiger partial charge in [-0.05, 0) is 32.1 Å². The van der Waals surface area contributed by atoms with Crippen LogP contribution in [0, 0.1) is 0 Å². The lowest BCUT2D eigenvalue weighted by Crippen LogP contribution is -2.38. The highest BCUT2D eigenvalue weighted by molar-refractivity contribution is 7.47. The normalized spacial score (nSPS) is 14.3. The number of phosphoric ester groups is 1. The number of unbranched alkanes of at least 4 members (excludes halogenated alkanes) is 19. The average molecular weight is 562 g/mol. The van der Waals surface area contributed by atoms with E-state index in [2.05, 4.69) is 32.6 Å². The molecule has 0 rings (SSSR count). The van der Waals surface area contributed by atoms with Gasteiger partial charge in [-0.15, -0.1) is 0 Å². The van der Waals surface area contributed by atoms with Crippen molar-refractivity contribution in [1.82, 2.24) is 4.90 Å². The zero-order valence-corrected chi connectivity index (χ0v) is 27.1. The first kappa shape index (κ1) is 38.1. The Bertz CT molecular complexity index is 504. The van der Waals surface area contributed by atoms with Gasteiger partial charge in [-0.1, -0.05) is 150 Å². The summed E-state index contributed by atoms with van der Waals surface area (Å²) in [5.74, 6) is 0. The zero-order chi connectivity index (χ0) is 28.2. The second kappa shape index (κ2) is 28.6. The molecule has 0 heterocycles. The predicted octanol–water partition coefficient (Wildman–Crippen LogP) is 11.2. The van der Waals surface area contributed by atoms with Crippen LogP contribution in [0.15, 0.2) is 0 Å². The van der Waals surface area contributed by atoms with Gasteiger partial charge in [-0.25, -0.2) is 4.57 Å². The van der Waals surface area contributed by atoms with Crippen LogP contribution < -0.4 is 0 Å². The van der Waals surface area contributed by atoms with Gasteiger partial charge in [0.05, 0.1) is 6.61 Å². The lowest BCUT2D eigenvalue weighted by molar-refractivity contribution is -0.0135. The maximum Gasteiger partial charge on any atom is 0.473 e. The molecule has 0 saturated carbocycles. The summed E-state index contributed by atoms with van der Waals surface area (Å²) in [6.07, 6.45) is 28.2. The topological polar surface area (TPSA) is 59.0 Å². The molecule has 0 fully saturated rings. The Labute approximate surface area is 238 Å². The molecule has 38 heavy (non-hydrogen) atoms. The molecule has 2 atom stereocenters. The second-order valence-electron chi connectivity index (χ2n) is 11.4. The molecule has 0 radical (unpaired) electrons. The maximum absolute atomic E-state index is 13.0. The lowest BCUT2D eigenvalue weighted by atomic mass is 10.1. The molecule has 0 aliphatic rings. The fraction of sp³-hybridized carbons (Fsp3) is 1.00. The molecule has 0 amide bonds. The van der Waals surface area contributed by atoms with E-state index in [9.17, 15) is 9.46 Å². The molecule has 0 aromatic rings. The van der Waals surface area contributed by atoms with Gasteiger partial charge in [-0.2, -0.15) is 0 Å². The predicted molar refractivity (Wildman–Crippen MR) is 166 cm³/mol. The standard InChI is InChI=1S/C32H68NO4P/c1-5-9-13-17-20-23-27-31-36-38(34,35)37-32(28-24-16-12-8-4)33(29-25-21-18-14-10-6-2)30-26-22-19-15-11-7-3/h32H,5-31H2,1-4H3,(H,34,35). The average Bonchev–Trinajstić information content (AvgIpc) is 2.90. The third-order valence-corrected chi connectivity index (χ3v) is 8.59. The molecule has 0 aliphatic heterocycles. The van der Waals surface area contributed by atoms with Gasteiger partial charge < -0.3 is 4.89 Å². The number of hydrogen-bond donors (Lipinski definition) is 1. The number of hydrogen-bond acceptors (Lipinski definition) is 4. The number of nitrogens with zero attached hydrogens (tertiary/aromatic N) is 1. The SMILES string of the molecule is CCCCCCCCCOP(=O)(O)OC(CCCCCC)N(CCCCCCCC)CCCCCCCC. The van der Waals surface area contributed by atoms with E-state index in [0.29, 0.717) is 6.61 Å². The third-order valence-electron chi connectivity index (χ3n) is 7.57. The van der Waals surface area contributed by atoms with Crippen LogP contribution in [0.1, 0.15) is 182 Å². The smallest absolute Gasteiger partial charge is 0.302 e. The summed E-state index contributed by atoms with van der Waals surface area (Å²) in [7, 11) is -4.07. The molecule has 1 N–H and O–H groups in total. The minimum Gasteiger partial charge on any atom is -0.302 e. The molecule has 0 aliphatic carbocycles. The van der Waals surface area contributed by atoms with Gasteiger partial charge in [0.1, 0.15) is 6.23 Å². The Hall–Kier alpha value is 0.0700. The first-order chi connectivity index (χ1) is 18.5. The Morgan fingerprint density at radius 1 is 0.553 bits per heavy atom. The van der Waals surface area contributed by atoms with Crippen LogP contribution in [0.2, 0.25) is 0 Å².